The lowest BCUT2D eigenvalue weighted by molar-refractivity contribution is 0.0884. The highest BCUT2D eigenvalue weighted by Gasteiger charge is 2.39. The quantitative estimate of drug-likeness (QED) is 0.725. The number of nitrogens with one attached hydrogen (secondary N) is 1. The molecule has 6 nitrogen and oxygen atoms in total. The average Bonchev–Trinajstić information content (AvgIpc) is 3.12. The summed E-state index contributed by atoms with van der Waals surface area (Å²) in [6, 6.07) is 13.6. The third-order valence-electron chi connectivity index (χ3n) is 6.86. The molecule has 2 bridgehead atoms. The summed E-state index contributed by atoms with van der Waals surface area (Å²) < 4.78 is 1.92. The first-order valence-corrected chi connectivity index (χ1v) is 10.9. The van der Waals surface area contributed by atoms with E-state index in [2.05, 4.69) is 29.4 Å². The largest absolute Gasteiger partial charge is 0.349 e. The molecule has 2 atom stereocenters. The topological polar surface area (TPSA) is 63.1 Å². The Labute approximate surface area is 177 Å². The summed E-state index contributed by atoms with van der Waals surface area (Å²) in [6.45, 7) is 4.55. The van der Waals surface area contributed by atoms with Gasteiger partial charge in [0.1, 0.15) is 0 Å². The molecule has 4 heterocycles. The van der Waals surface area contributed by atoms with Crippen LogP contribution in [0.5, 0.6) is 0 Å². The van der Waals surface area contributed by atoms with Crippen LogP contribution < -0.4 is 5.32 Å². The van der Waals surface area contributed by atoms with Gasteiger partial charge in [-0.05, 0) is 58.2 Å². The van der Waals surface area contributed by atoms with Gasteiger partial charge in [0.25, 0.3) is 5.91 Å². The van der Waals surface area contributed by atoms with Crippen LogP contribution in [0.3, 0.4) is 0 Å². The van der Waals surface area contributed by atoms with Crippen molar-refractivity contribution >= 4 is 16.9 Å². The van der Waals surface area contributed by atoms with Crippen LogP contribution in [0.1, 0.15) is 53.0 Å². The molecular formula is C24H29N5O. The van der Waals surface area contributed by atoms with Crippen LogP contribution in [0.15, 0.2) is 36.4 Å². The molecule has 2 fully saturated rings. The summed E-state index contributed by atoms with van der Waals surface area (Å²) in [6.07, 6.45) is 4.57. The predicted molar refractivity (Wildman–Crippen MR) is 118 cm³/mol. The third-order valence-corrected chi connectivity index (χ3v) is 6.86. The third kappa shape index (κ3) is 3.39. The summed E-state index contributed by atoms with van der Waals surface area (Å²) in [5.74, 6) is 0.00168. The van der Waals surface area contributed by atoms with Gasteiger partial charge in [-0.15, -0.1) is 0 Å². The Morgan fingerprint density at radius 1 is 1.13 bits per heavy atom. The molecule has 0 radical (unpaired) electrons. The smallest absolute Gasteiger partial charge is 0.252 e. The second kappa shape index (κ2) is 7.51. The van der Waals surface area contributed by atoms with Gasteiger partial charge < -0.3 is 10.2 Å². The SMILES string of the molecule is Cc1cc(C(=O)NC2CC3CCC(C2)N3C)c2c(C)nn(Cc3ccccc3)c2n1. The number of hydrogen-bond donors (Lipinski definition) is 1. The van der Waals surface area contributed by atoms with Crippen molar-refractivity contribution in [1.82, 2.24) is 25.0 Å². The Hall–Kier alpha value is -2.73. The number of aromatic nitrogens is 3. The van der Waals surface area contributed by atoms with Crippen LogP contribution in [0.4, 0.5) is 0 Å². The fourth-order valence-electron chi connectivity index (χ4n) is 5.32. The first-order valence-electron chi connectivity index (χ1n) is 10.9. The van der Waals surface area contributed by atoms with Crippen LogP contribution in [-0.4, -0.2) is 50.7 Å². The highest BCUT2D eigenvalue weighted by atomic mass is 16.1. The highest BCUT2D eigenvalue weighted by Crippen LogP contribution is 2.34. The number of carbonyl (C=O) groups excluding carboxylic acids is 1. The number of rotatable bonds is 4. The van der Waals surface area contributed by atoms with E-state index < -0.39 is 0 Å². The van der Waals surface area contributed by atoms with Gasteiger partial charge in [-0.3, -0.25) is 4.79 Å². The first kappa shape index (κ1) is 19.2. The maximum atomic E-state index is 13.3. The molecule has 30 heavy (non-hydrogen) atoms. The van der Waals surface area contributed by atoms with Gasteiger partial charge in [-0.2, -0.15) is 5.10 Å². The van der Waals surface area contributed by atoms with E-state index in [4.69, 9.17) is 10.1 Å². The van der Waals surface area contributed by atoms with Crippen molar-refractivity contribution in [2.45, 2.75) is 64.2 Å². The Balaban J connectivity index is 1.45. The summed E-state index contributed by atoms with van der Waals surface area (Å²) >= 11 is 0. The molecule has 0 saturated carbocycles. The summed E-state index contributed by atoms with van der Waals surface area (Å²) in [5.41, 5.74) is 4.33. The fourth-order valence-corrected chi connectivity index (χ4v) is 5.32. The molecule has 2 aliphatic rings. The standard InChI is InChI=1S/C24H29N5O/c1-15-11-21(24(30)26-18-12-19-9-10-20(13-18)28(19)3)22-16(2)27-29(23(22)25-15)14-17-7-5-4-6-8-17/h4-8,11,18-20H,9-10,12-14H2,1-3H3,(H,26,30). The lowest BCUT2D eigenvalue weighted by atomic mass is 9.97. The van der Waals surface area contributed by atoms with Gasteiger partial charge in [-0.1, -0.05) is 30.3 Å². The predicted octanol–water partition coefficient (Wildman–Crippen LogP) is 3.45. The lowest BCUT2D eigenvalue weighted by Gasteiger charge is -2.36. The van der Waals surface area contributed by atoms with E-state index in [1.54, 1.807) is 0 Å². The van der Waals surface area contributed by atoms with Crippen LogP contribution in [-0.2, 0) is 6.54 Å². The van der Waals surface area contributed by atoms with Crippen molar-refractivity contribution < 1.29 is 4.79 Å². The molecular weight excluding hydrogens is 374 g/mol. The number of amides is 1. The number of aryl methyl sites for hydroxylation is 2. The van der Waals surface area contributed by atoms with Gasteiger partial charge in [0.15, 0.2) is 5.65 Å². The minimum Gasteiger partial charge on any atom is -0.349 e. The molecule has 2 aromatic heterocycles. The van der Waals surface area contributed by atoms with Crippen molar-refractivity contribution in [3.63, 3.8) is 0 Å². The van der Waals surface area contributed by atoms with Crippen molar-refractivity contribution in [2.75, 3.05) is 7.05 Å². The van der Waals surface area contributed by atoms with E-state index in [0.29, 0.717) is 24.2 Å². The molecule has 2 unspecified atom stereocenters. The van der Waals surface area contributed by atoms with Crippen LogP contribution >= 0.6 is 0 Å². The maximum absolute atomic E-state index is 13.3. The average molecular weight is 404 g/mol. The van der Waals surface area contributed by atoms with Crippen molar-refractivity contribution in [1.29, 1.82) is 0 Å². The molecule has 1 N–H and O–H groups in total. The van der Waals surface area contributed by atoms with Gasteiger partial charge in [-0.25, -0.2) is 9.67 Å². The number of piperidine rings is 1. The number of nitrogens with zero attached hydrogens (tertiary/aromatic N) is 4. The molecule has 0 spiro atoms. The lowest BCUT2D eigenvalue weighted by Crippen LogP contribution is -2.48. The first-order chi connectivity index (χ1) is 14.5. The van der Waals surface area contributed by atoms with E-state index >= 15 is 0 Å². The molecule has 5 rings (SSSR count). The molecule has 0 aliphatic carbocycles. The molecule has 3 aromatic rings. The molecule has 1 aromatic carbocycles. The number of benzene rings is 1. The van der Waals surface area contributed by atoms with E-state index in [1.165, 1.54) is 12.8 Å². The minimum atomic E-state index is 0.00168. The van der Waals surface area contributed by atoms with Gasteiger partial charge in [0.2, 0.25) is 0 Å². The van der Waals surface area contributed by atoms with E-state index in [0.717, 1.165) is 40.8 Å². The molecule has 1 amide bonds. The normalized spacial score (nSPS) is 23.8. The molecule has 2 saturated heterocycles. The molecule has 156 valence electrons. The summed E-state index contributed by atoms with van der Waals surface area (Å²) in [5, 5.41) is 8.92. The van der Waals surface area contributed by atoms with Gasteiger partial charge in [0.05, 0.1) is 23.2 Å². The van der Waals surface area contributed by atoms with E-state index in [1.807, 2.05) is 42.8 Å². The zero-order valence-corrected chi connectivity index (χ0v) is 17.9. The Kier molecular flexibility index (Phi) is 4.82. The van der Waals surface area contributed by atoms with Gasteiger partial charge >= 0.3 is 0 Å². The summed E-state index contributed by atoms with van der Waals surface area (Å²) in [4.78, 5) is 20.6. The van der Waals surface area contributed by atoms with E-state index in [9.17, 15) is 4.79 Å². The number of carbonyl (C=O) groups is 1. The zero-order chi connectivity index (χ0) is 20.8. The summed E-state index contributed by atoms with van der Waals surface area (Å²) in [7, 11) is 2.22. The fraction of sp³-hybridized carbons (Fsp3) is 0.458. The van der Waals surface area contributed by atoms with Crippen LogP contribution in [0, 0.1) is 13.8 Å². The number of hydrogen-bond acceptors (Lipinski definition) is 4. The van der Waals surface area contributed by atoms with Crippen LogP contribution in [0.25, 0.3) is 11.0 Å². The van der Waals surface area contributed by atoms with E-state index in [-0.39, 0.29) is 11.9 Å². The van der Waals surface area contributed by atoms with Gasteiger partial charge in [0, 0.05) is 23.8 Å². The highest BCUT2D eigenvalue weighted by molar-refractivity contribution is 6.06. The Morgan fingerprint density at radius 2 is 1.83 bits per heavy atom. The number of pyridine rings is 1. The zero-order valence-electron chi connectivity index (χ0n) is 17.9. The second-order valence-electron chi connectivity index (χ2n) is 8.93. The second-order valence-corrected chi connectivity index (χ2v) is 8.93. The Bertz CT molecular complexity index is 1080. The Morgan fingerprint density at radius 3 is 2.53 bits per heavy atom. The van der Waals surface area contributed by atoms with Crippen molar-refractivity contribution in [3.8, 4) is 0 Å². The van der Waals surface area contributed by atoms with Crippen molar-refractivity contribution in [3.05, 3.63) is 58.9 Å². The minimum absolute atomic E-state index is 0.00168. The maximum Gasteiger partial charge on any atom is 0.252 e. The van der Waals surface area contributed by atoms with Crippen molar-refractivity contribution in [2.24, 2.45) is 0 Å². The molecule has 2 aliphatic heterocycles. The monoisotopic (exact) mass is 403 g/mol. The number of fused-ring (bicyclic) bond motifs is 3. The van der Waals surface area contributed by atoms with Crippen LogP contribution in [0.2, 0.25) is 0 Å². The molecule has 6 heteroatoms.